The van der Waals surface area contributed by atoms with E-state index >= 15 is 0 Å². The molecule has 0 aromatic heterocycles. The molecule has 3 nitrogen and oxygen atoms in total. The van der Waals surface area contributed by atoms with Gasteiger partial charge in [0.15, 0.2) is 0 Å². The molecule has 1 atom stereocenters. The van der Waals surface area contributed by atoms with Crippen molar-refractivity contribution >= 4 is 0 Å². The van der Waals surface area contributed by atoms with Gasteiger partial charge in [0.25, 0.3) is 0 Å². The van der Waals surface area contributed by atoms with Gasteiger partial charge >= 0.3 is 0 Å². The molecule has 2 saturated heterocycles. The third kappa shape index (κ3) is 4.44. The highest BCUT2D eigenvalue weighted by atomic mass is 16.5. The van der Waals surface area contributed by atoms with E-state index in [1.54, 1.807) is 0 Å². The maximum Gasteiger partial charge on any atom is 0.0758 e. The highest BCUT2D eigenvalue weighted by Crippen LogP contribution is 2.31. The molecule has 0 aromatic carbocycles. The summed E-state index contributed by atoms with van der Waals surface area (Å²) in [6.45, 7) is 14.3. The molecule has 3 heteroatoms. The molecule has 0 spiro atoms. The predicted molar refractivity (Wildman–Crippen MR) is 79.3 cm³/mol. The maximum atomic E-state index is 6.03. The molecule has 0 amide bonds. The molecule has 0 bridgehead atoms. The van der Waals surface area contributed by atoms with E-state index < -0.39 is 0 Å². The minimum Gasteiger partial charge on any atom is -0.375 e. The highest BCUT2D eigenvalue weighted by Gasteiger charge is 2.36. The molecule has 2 fully saturated rings. The van der Waals surface area contributed by atoms with Crippen molar-refractivity contribution in [3.8, 4) is 0 Å². The Morgan fingerprint density at radius 2 is 1.89 bits per heavy atom. The molecular formula is C16H33N2O+. The maximum absolute atomic E-state index is 6.03. The van der Waals surface area contributed by atoms with Crippen LogP contribution in [-0.4, -0.2) is 48.8 Å². The minimum absolute atomic E-state index is 0.305. The zero-order valence-corrected chi connectivity index (χ0v) is 13.3. The second-order valence-electron chi connectivity index (χ2n) is 7.37. The summed E-state index contributed by atoms with van der Waals surface area (Å²) < 4.78 is 6.03. The fraction of sp³-hybridized carbons (Fsp3) is 1.00. The lowest BCUT2D eigenvalue weighted by Crippen LogP contribution is -2.86. The minimum atomic E-state index is 0.305. The van der Waals surface area contributed by atoms with Crippen LogP contribution in [0.15, 0.2) is 0 Å². The van der Waals surface area contributed by atoms with E-state index in [4.69, 9.17) is 4.74 Å². The summed E-state index contributed by atoms with van der Waals surface area (Å²) in [5, 5.41) is 2.46. The molecule has 2 heterocycles. The van der Waals surface area contributed by atoms with Gasteiger partial charge in [0.05, 0.1) is 25.3 Å². The Balaban J connectivity index is 1.85. The third-order valence-electron chi connectivity index (χ3n) is 4.81. The van der Waals surface area contributed by atoms with E-state index in [9.17, 15) is 0 Å². The van der Waals surface area contributed by atoms with Crippen LogP contribution in [0.1, 0.15) is 53.4 Å². The first-order chi connectivity index (χ1) is 8.97. The van der Waals surface area contributed by atoms with Gasteiger partial charge in [-0.1, -0.05) is 0 Å². The summed E-state index contributed by atoms with van der Waals surface area (Å²) in [5.74, 6) is 0.923. The Morgan fingerprint density at radius 3 is 2.47 bits per heavy atom. The summed E-state index contributed by atoms with van der Waals surface area (Å²) in [5.41, 5.74) is 0.305. The number of ether oxygens (including phenoxy) is 1. The number of rotatable bonds is 4. The van der Waals surface area contributed by atoms with Gasteiger partial charge in [0.2, 0.25) is 0 Å². The smallest absolute Gasteiger partial charge is 0.0758 e. The van der Waals surface area contributed by atoms with Crippen molar-refractivity contribution in [3.63, 3.8) is 0 Å². The fourth-order valence-electron chi connectivity index (χ4n) is 3.72. The van der Waals surface area contributed by atoms with Crippen molar-refractivity contribution in [2.75, 3.05) is 26.2 Å². The fourth-order valence-corrected chi connectivity index (χ4v) is 3.72. The highest BCUT2D eigenvalue weighted by molar-refractivity contribution is 4.91. The van der Waals surface area contributed by atoms with Crippen LogP contribution in [0, 0.1) is 5.92 Å². The van der Waals surface area contributed by atoms with E-state index in [1.807, 2.05) is 0 Å². The van der Waals surface area contributed by atoms with Crippen LogP contribution in [0.4, 0.5) is 0 Å². The Hall–Kier alpha value is -0.120. The zero-order valence-electron chi connectivity index (χ0n) is 13.3. The van der Waals surface area contributed by atoms with Gasteiger partial charge in [-0.25, -0.2) is 0 Å². The molecule has 0 saturated carbocycles. The molecule has 0 radical (unpaired) electrons. The molecule has 112 valence electrons. The van der Waals surface area contributed by atoms with E-state index in [2.05, 4.69) is 37.9 Å². The molecule has 0 unspecified atom stereocenters. The topological polar surface area (TPSA) is 29.1 Å². The lowest BCUT2D eigenvalue weighted by Gasteiger charge is -2.47. The van der Waals surface area contributed by atoms with Crippen molar-refractivity contribution in [2.24, 2.45) is 5.92 Å². The molecule has 0 aromatic rings. The van der Waals surface area contributed by atoms with Crippen molar-refractivity contribution in [2.45, 2.75) is 71.1 Å². The van der Waals surface area contributed by atoms with Crippen molar-refractivity contribution in [1.82, 2.24) is 4.90 Å². The quantitative estimate of drug-likeness (QED) is 0.840. The standard InChI is InChI=1S/C16H32N2O/c1-13(2)19-15-7-10-18(16(3,4)11-15)12-14-5-8-17-9-6-14/h13-15,17H,5-12H2,1-4H3/p+1/t15-/m0/s1. The average Bonchev–Trinajstić information content (AvgIpc) is 2.33. The number of piperidine rings is 2. The van der Waals surface area contributed by atoms with E-state index in [0.717, 1.165) is 5.92 Å². The summed E-state index contributed by atoms with van der Waals surface area (Å²) in [4.78, 5) is 2.73. The molecule has 2 aliphatic rings. The van der Waals surface area contributed by atoms with Crippen LogP contribution in [0.5, 0.6) is 0 Å². The van der Waals surface area contributed by atoms with Gasteiger partial charge in [-0.15, -0.1) is 0 Å². The average molecular weight is 269 g/mol. The number of hydrogen-bond donors (Lipinski definition) is 1. The lowest BCUT2D eigenvalue weighted by atomic mass is 9.86. The lowest BCUT2D eigenvalue weighted by molar-refractivity contribution is -0.664. The van der Waals surface area contributed by atoms with Crippen molar-refractivity contribution < 1.29 is 10.1 Å². The largest absolute Gasteiger partial charge is 0.375 e. The second kappa shape index (κ2) is 6.55. The normalized spacial score (nSPS) is 29.8. The summed E-state index contributed by atoms with van der Waals surface area (Å²) in [6.07, 6.45) is 6.02. The summed E-state index contributed by atoms with van der Waals surface area (Å²) >= 11 is 0. The van der Waals surface area contributed by atoms with Crippen molar-refractivity contribution in [1.29, 1.82) is 0 Å². The molecule has 2 aliphatic heterocycles. The molecule has 2 rings (SSSR count). The first-order valence-electron chi connectivity index (χ1n) is 8.19. The third-order valence-corrected chi connectivity index (χ3v) is 4.81. The molecule has 2 N–H and O–H groups in total. The predicted octanol–water partition coefficient (Wildman–Crippen LogP) is 1.63. The van der Waals surface area contributed by atoms with Crippen LogP contribution >= 0.6 is 0 Å². The van der Waals surface area contributed by atoms with Crippen LogP contribution in [-0.2, 0) is 4.74 Å². The van der Waals surface area contributed by atoms with Gasteiger partial charge in [-0.2, -0.15) is 0 Å². The van der Waals surface area contributed by atoms with Gasteiger partial charge < -0.3 is 10.1 Å². The van der Waals surface area contributed by atoms with E-state index in [0.29, 0.717) is 17.7 Å². The Bertz CT molecular complexity index is 272. The molecule has 0 aliphatic carbocycles. The van der Waals surface area contributed by atoms with Crippen LogP contribution in [0.2, 0.25) is 0 Å². The zero-order chi connectivity index (χ0) is 13.9. The first kappa shape index (κ1) is 15.3. The first-order valence-corrected chi connectivity index (χ1v) is 8.19. The van der Waals surface area contributed by atoms with Crippen LogP contribution < -0.4 is 5.32 Å². The van der Waals surface area contributed by atoms with Gasteiger partial charge in [0, 0.05) is 31.5 Å². The van der Waals surface area contributed by atoms with Gasteiger partial charge in [-0.3, -0.25) is 4.90 Å². The number of hydrogen-bond acceptors (Lipinski definition) is 2. The van der Waals surface area contributed by atoms with Crippen molar-refractivity contribution in [3.05, 3.63) is 0 Å². The molecule has 19 heavy (non-hydrogen) atoms. The SMILES string of the molecule is CC(C)O[C@H]1CCN(CC2CC[NH2+]CC2)C(C)(C)C1. The number of nitrogens with two attached hydrogens (primary N) is 1. The Labute approximate surface area is 119 Å². The van der Waals surface area contributed by atoms with Crippen LogP contribution in [0.3, 0.4) is 0 Å². The Kier molecular flexibility index (Phi) is 5.27. The van der Waals surface area contributed by atoms with Crippen LogP contribution in [0.25, 0.3) is 0 Å². The van der Waals surface area contributed by atoms with Gasteiger partial charge in [0.1, 0.15) is 0 Å². The number of nitrogens with zero attached hydrogens (tertiary/aromatic N) is 1. The summed E-state index contributed by atoms with van der Waals surface area (Å²) in [7, 11) is 0. The molecular weight excluding hydrogens is 236 g/mol. The van der Waals surface area contributed by atoms with Gasteiger partial charge in [-0.05, 0) is 46.5 Å². The second-order valence-corrected chi connectivity index (χ2v) is 7.37. The number of quaternary nitrogens is 1. The van der Waals surface area contributed by atoms with E-state index in [1.165, 1.54) is 51.9 Å². The summed E-state index contributed by atoms with van der Waals surface area (Å²) in [6, 6.07) is 0. The van der Waals surface area contributed by atoms with E-state index in [-0.39, 0.29) is 0 Å². The monoisotopic (exact) mass is 269 g/mol. The Morgan fingerprint density at radius 1 is 1.21 bits per heavy atom. The number of likely N-dealkylation sites (tertiary alicyclic amines) is 1.